The van der Waals surface area contributed by atoms with Crippen molar-refractivity contribution in [3.8, 4) is 0 Å². The Morgan fingerprint density at radius 2 is 2.21 bits per heavy atom. The third kappa shape index (κ3) is 2.86. The van der Waals surface area contributed by atoms with Crippen LogP contribution in [0.25, 0.3) is 0 Å². The van der Waals surface area contributed by atoms with Gasteiger partial charge in [-0.25, -0.2) is 0 Å². The highest BCUT2D eigenvalue weighted by atomic mass is 15.0. The van der Waals surface area contributed by atoms with E-state index in [9.17, 15) is 0 Å². The largest absolute Gasteiger partial charge is 0.371 e. The summed E-state index contributed by atoms with van der Waals surface area (Å²) >= 11 is 0. The Morgan fingerprint density at radius 3 is 3.07 bits per heavy atom. The average Bonchev–Trinajstić information content (AvgIpc) is 2.48. The number of nitrogens with zero attached hydrogens (tertiary/aromatic N) is 1. The van der Waals surface area contributed by atoms with Gasteiger partial charge in [0.05, 0.1) is 5.84 Å². The zero-order valence-electron chi connectivity index (χ0n) is 8.84. The zero-order valence-corrected chi connectivity index (χ0v) is 8.84. The predicted octanol–water partition coefficient (Wildman–Crippen LogP) is 2.66. The van der Waals surface area contributed by atoms with Crippen LogP contribution in [0, 0.1) is 0 Å². The first-order valence-electron chi connectivity index (χ1n) is 5.90. The van der Waals surface area contributed by atoms with Gasteiger partial charge in [0.2, 0.25) is 0 Å². The molecule has 14 heavy (non-hydrogen) atoms. The van der Waals surface area contributed by atoms with Crippen molar-refractivity contribution in [2.75, 3.05) is 6.54 Å². The molecule has 0 bridgehead atoms. The van der Waals surface area contributed by atoms with Gasteiger partial charge in [0.1, 0.15) is 0 Å². The highest BCUT2D eigenvalue weighted by Gasteiger charge is 2.12. The summed E-state index contributed by atoms with van der Waals surface area (Å²) < 4.78 is 0. The van der Waals surface area contributed by atoms with Crippen molar-refractivity contribution in [1.29, 1.82) is 0 Å². The Labute approximate surface area is 86.5 Å². The summed E-state index contributed by atoms with van der Waals surface area (Å²) in [5.74, 6) is 1.27. The number of hydrogen-bond acceptors (Lipinski definition) is 2. The molecule has 1 N–H and O–H groups in total. The molecule has 1 aliphatic heterocycles. The standard InChI is InChI=1S/C12H20N2/c1-3-7-11(8-4-1)14-12-9-5-2-6-10-13-12/h1,3,11H,2,4-10H2,(H,13,14). The van der Waals surface area contributed by atoms with E-state index in [4.69, 9.17) is 0 Å². The van der Waals surface area contributed by atoms with E-state index >= 15 is 0 Å². The molecule has 2 heteroatoms. The van der Waals surface area contributed by atoms with Gasteiger partial charge in [-0.3, -0.25) is 4.99 Å². The van der Waals surface area contributed by atoms with Crippen LogP contribution in [-0.4, -0.2) is 18.4 Å². The van der Waals surface area contributed by atoms with Crippen LogP contribution in [0.1, 0.15) is 44.9 Å². The molecule has 1 heterocycles. The van der Waals surface area contributed by atoms with E-state index in [1.54, 1.807) is 0 Å². The molecular formula is C12H20N2. The van der Waals surface area contributed by atoms with Gasteiger partial charge in [-0.05, 0) is 32.1 Å². The first-order valence-corrected chi connectivity index (χ1v) is 5.90. The zero-order chi connectivity index (χ0) is 9.64. The Kier molecular flexibility index (Phi) is 3.61. The van der Waals surface area contributed by atoms with E-state index < -0.39 is 0 Å². The summed E-state index contributed by atoms with van der Waals surface area (Å²) in [5.41, 5.74) is 0. The van der Waals surface area contributed by atoms with E-state index in [1.165, 1.54) is 50.8 Å². The molecule has 1 atom stereocenters. The fourth-order valence-electron chi connectivity index (χ4n) is 2.15. The Balaban J connectivity index is 1.82. The molecule has 2 rings (SSSR count). The Hall–Kier alpha value is -0.790. The molecule has 1 aliphatic carbocycles. The van der Waals surface area contributed by atoms with Gasteiger partial charge < -0.3 is 5.32 Å². The van der Waals surface area contributed by atoms with Crippen LogP contribution >= 0.6 is 0 Å². The van der Waals surface area contributed by atoms with Gasteiger partial charge in [0.15, 0.2) is 0 Å². The van der Waals surface area contributed by atoms with Gasteiger partial charge in [-0.1, -0.05) is 18.6 Å². The number of aliphatic imine (C=N–C) groups is 1. The lowest BCUT2D eigenvalue weighted by molar-refractivity contribution is 0.547. The summed E-state index contributed by atoms with van der Waals surface area (Å²) in [5, 5.41) is 3.60. The molecule has 0 aromatic rings. The molecule has 0 amide bonds. The lowest BCUT2D eigenvalue weighted by Crippen LogP contribution is -2.35. The maximum absolute atomic E-state index is 4.60. The highest BCUT2D eigenvalue weighted by Crippen LogP contribution is 2.12. The molecule has 2 aliphatic rings. The van der Waals surface area contributed by atoms with Crippen molar-refractivity contribution in [2.45, 2.75) is 51.0 Å². The fraction of sp³-hybridized carbons (Fsp3) is 0.750. The molecule has 0 aromatic carbocycles. The van der Waals surface area contributed by atoms with Gasteiger partial charge in [-0.15, -0.1) is 0 Å². The number of allylic oxidation sites excluding steroid dienone is 1. The summed E-state index contributed by atoms with van der Waals surface area (Å²) in [6, 6.07) is 0.650. The van der Waals surface area contributed by atoms with Crippen LogP contribution < -0.4 is 5.32 Å². The highest BCUT2D eigenvalue weighted by molar-refractivity contribution is 5.82. The second-order valence-electron chi connectivity index (χ2n) is 4.26. The monoisotopic (exact) mass is 192 g/mol. The fourth-order valence-corrected chi connectivity index (χ4v) is 2.15. The van der Waals surface area contributed by atoms with Gasteiger partial charge in [0, 0.05) is 19.0 Å². The van der Waals surface area contributed by atoms with E-state index in [-0.39, 0.29) is 0 Å². The van der Waals surface area contributed by atoms with Gasteiger partial charge in [0.25, 0.3) is 0 Å². The Bertz CT molecular complexity index is 230. The predicted molar refractivity (Wildman–Crippen MR) is 60.7 cm³/mol. The van der Waals surface area contributed by atoms with Crippen molar-refractivity contribution in [1.82, 2.24) is 5.32 Å². The molecular weight excluding hydrogens is 172 g/mol. The van der Waals surface area contributed by atoms with E-state index in [0.29, 0.717) is 6.04 Å². The summed E-state index contributed by atoms with van der Waals surface area (Å²) in [4.78, 5) is 4.60. The minimum atomic E-state index is 0.650. The van der Waals surface area contributed by atoms with Crippen molar-refractivity contribution in [2.24, 2.45) is 4.99 Å². The molecule has 0 radical (unpaired) electrons. The third-order valence-corrected chi connectivity index (χ3v) is 3.01. The maximum atomic E-state index is 4.60. The topological polar surface area (TPSA) is 24.4 Å². The first-order chi connectivity index (χ1) is 6.95. The molecule has 0 saturated heterocycles. The van der Waals surface area contributed by atoms with Gasteiger partial charge in [-0.2, -0.15) is 0 Å². The smallest absolute Gasteiger partial charge is 0.0965 e. The maximum Gasteiger partial charge on any atom is 0.0965 e. The lowest BCUT2D eigenvalue weighted by Gasteiger charge is -2.21. The van der Waals surface area contributed by atoms with Crippen molar-refractivity contribution in [3.05, 3.63) is 12.2 Å². The molecule has 0 spiro atoms. The third-order valence-electron chi connectivity index (χ3n) is 3.01. The number of amidine groups is 1. The SMILES string of the molecule is C1=CCC(NC2=NCCCCC2)CC1. The summed E-state index contributed by atoms with van der Waals surface area (Å²) in [6.45, 7) is 1.03. The molecule has 2 nitrogen and oxygen atoms in total. The number of nitrogens with one attached hydrogen (secondary N) is 1. The van der Waals surface area contributed by atoms with Gasteiger partial charge >= 0.3 is 0 Å². The summed E-state index contributed by atoms with van der Waals surface area (Å²) in [7, 11) is 0. The molecule has 0 aromatic heterocycles. The van der Waals surface area contributed by atoms with Crippen LogP contribution in [-0.2, 0) is 0 Å². The molecule has 1 unspecified atom stereocenters. The Morgan fingerprint density at radius 1 is 1.21 bits per heavy atom. The minimum absolute atomic E-state index is 0.650. The van der Waals surface area contributed by atoms with E-state index in [0.717, 1.165) is 6.54 Å². The normalized spacial score (nSPS) is 28.0. The average molecular weight is 192 g/mol. The van der Waals surface area contributed by atoms with Crippen LogP contribution in [0.2, 0.25) is 0 Å². The quantitative estimate of drug-likeness (QED) is 0.635. The number of rotatable bonds is 1. The van der Waals surface area contributed by atoms with E-state index in [1.807, 2.05) is 0 Å². The molecule has 0 saturated carbocycles. The van der Waals surface area contributed by atoms with Crippen molar-refractivity contribution < 1.29 is 0 Å². The van der Waals surface area contributed by atoms with Crippen LogP contribution in [0.5, 0.6) is 0 Å². The van der Waals surface area contributed by atoms with E-state index in [2.05, 4.69) is 22.5 Å². The van der Waals surface area contributed by atoms with Crippen LogP contribution in [0.15, 0.2) is 17.1 Å². The van der Waals surface area contributed by atoms with Crippen molar-refractivity contribution >= 4 is 5.84 Å². The lowest BCUT2D eigenvalue weighted by atomic mass is 10.0. The molecule has 78 valence electrons. The second-order valence-corrected chi connectivity index (χ2v) is 4.26. The van der Waals surface area contributed by atoms with Crippen LogP contribution in [0.4, 0.5) is 0 Å². The summed E-state index contributed by atoms with van der Waals surface area (Å²) in [6.07, 6.45) is 13.4. The van der Waals surface area contributed by atoms with Crippen molar-refractivity contribution in [3.63, 3.8) is 0 Å². The number of hydrogen-bond donors (Lipinski definition) is 1. The molecule has 0 fully saturated rings. The minimum Gasteiger partial charge on any atom is -0.371 e. The first kappa shape index (κ1) is 9.75. The second kappa shape index (κ2) is 5.18. The van der Waals surface area contributed by atoms with Crippen LogP contribution in [0.3, 0.4) is 0 Å².